The van der Waals surface area contributed by atoms with E-state index in [-0.39, 0.29) is 21.9 Å². The summed E-state index contributed by atoms with van der Waals surface area (Å²) < 4.78 is 0. The lowest BCUT2D eigenvalue weighted by atomic mass is 9.98. The van der Waals surface area contributed by atoms with Gasteiger partial charge < -0.3 is 63.2 Å². The van der Waals surface area contributed by atoms with Crippen LogP contribution in [-0.4, -0.2) is 126 Å². The number of hydrogen-bond acceptors (Lipinski definition) is 10. The van der Waals surface area contributed by atoms with Crippen LogP contribution in [-0.2, 0) is 9.59 Å². The summed E-state index contributed by atoms with van der Waals surface area (Å²) in [6, 6.07) is 0. The first-order valence-electron chi connectivity index (χ1n) is 8.57. The first-order chi connectivity index (χ1) is 12.8. The number of nitrogens with one attached hydrogen (secondary N) is 2. The van der Waals surface area contributed by atoms with Crippen molar-refractivity contribution < 1.29 is 62.1 Å². The minimum Gasteiger partial charge on any atom is -0.412 e. The van der Waals surface area contributed by atoms with Gasteiger partial charge in [0.25, 0.3) is 0 Å². The summed E-state index contributed by atoms with van der Waals surface area (Å²) in [6.07, 6.45) is 0. The highest BCUT2D eigenvalue weighted by atomic mass is 16.3. The molecule has 16 N–H and O–H groups in total. The minimum atomic E-state index is -1.64. The Bertz CT molecular complexity index is 499. The molecule has 32 heavy (non-hydrogen) atoms. The average Bonchev–Trinajstić information content (AvgIpc) is 2.68. The van der Waals surface area contributed by atoms with Crippen molar-refractivity contribution in [3.05, 3.63) is 0 Å². The largest absolute Gasteiger partial charge is 0.412 e. The highest BCUT2D eigenvalue weighted by molar-refractivity contribution is 5.87. The molecule has 0 aromatic carbocycles. The predicted molar refractivity (Wildman–Crippen MR) is 112 cm³/mol. The van der Waals surface area contributed by atoms with Gasteiger partial charge in [0.15, 0.2) is 11.1 Å². The van der Waals surface area contributed by atoms with E-state index >= 15 is 0 Å². The number of aliphatic hydroxyl groups excluding tert-OH is 6. The average molecular weight is 481 g/mol. The second kappa shape index (κ2) is 15.9. The van der Waals surface area contributed by atoms with Gasteiger partial charge in [-0.15, -0.1) is 0 Å². The van der Waals surface area contributed by atoms with E-state index in [9.17, 15) is 40.2 Å². The fourth-order valence-corrected chi connectivity index (χ4v) is 1.67. The van der Waals surface area contributed by atoms with Crippen LogP contribution in [0.5, 0.6) is 0 Å². The van der Waals surface area contributed by atoms with E-state index in [4.69, 9.17) is 0 Å². The topological polar surface area (TPSA) is 330 Å². The van der Waals surface area contributed by atoms with Crippen molar-refractivity contribution in [2.24, 2.45) is 10.2 Å². The molecule has 16 heteroatoms. The molecule has 0 heterocycles. The van der Waals surface area contributed by atoms with Crippen LogP contribution in [0.1, 0.15) is 27.7 Å². The van der Waals surface area contributed by atoms with Gasteiger partial charge in [-0.1, -0.05) is 0 Å². The van der Waals surface area contributed by atoms with Gasteiger partial charge in [0.2, 0.25) is 11.8 Å². The molecule has 0 saturated heterocycles. The molecular weight excluding hydrogens is 440 g/mol. The van der Waals surface area contributed by atoms with Gasteiger partial charge in [-0.3, -0.25) is 9.59 Å². The highest BCUT2D eigenvalue weighted by Gasteiger charge is 2.39. The minimum absolute atomic E-state index is 0. The van der Waals surface area contributed by atoms with Crippen LogP contribution >= 0.6 is 0 Å². The third-order valence-electron chi connectivity index (χ3n) is 4.23. The molecule has 0 saturated carbocycles. The smallest absolute Gasteiger partial charge is 0.249 e. The second-order valence-corrected chi connectivity index (χ2v) is 7.74. The zero-order chi connectivity index (χ0) is 22.2. The summed E-state index contributed by atoms with van der Waals surface area (Å²) in [5, 5.41) is 68.1. The summed E-state index contributed by atoms with van der Waals surface area (Å²) in [5.74, 6) is -1.53. The molecule has 0 bridgehead atoms. The van der Waals surface area contributed by atoms with Gasteiger partial charge in [-0.2, -0.15) is 10.2 Å². The number of hydrogen-bond donors (Lipinski definition) is 8. The first kappa shape index (κ1) is 40.5. The zero-order valence-electron chi connectivity index (χ0n) is 18.6. The Morgan fingerprint density at radius 1 is 0.562 bits per heavy atom. The Hall–Kier alpha value is -1.86. The molecule has 2 amide bonds. The van der Waals surface area contributed by atoms with Crippen LogP contribution in [0.25, 0.3) is 0 Å². The van der Waals surface area contributed by atoms with Gasteiger partial charge in [0.1, 0.15) is 11.1 Å². The quantitative estimate of drug-likeness (QED) is 0.124. The molecule has 0 aliphatic carbocycles. The molecule has 196 valence electrons. The maximum atomic E-state index is 12.4. The number of aliphatic hydroxyl groups is 6. The molecule has 0 aromatic heterocycles. The van der Waals surface area contributed by atoms with Gasteiger partial charge >= 0.3 is 0 Å². The van der Waals surface area contributed by atoms with Crippen molar-refractivity contribution in [3.8, 4) is 0 Å². The number of azo groups is 1. The van der Waals surface area contributed by atoms with Crippen LogP contribution in [0.4, 0.5) is 0 Å². The monoisotopic (exact) mass is 480 g/mol. The Morgan fingerprint density at radius 2 is 0.750 bits per heavy atom. The molecule has 0 aliphatic rings. The molecular formula is C16H40N4O12. The van der Waals surface area contributed by atoms with E-state index in [1.165, 1.54) is 27.7 Å². The molecule has 0 aliphatic heterocycles. The van der Waals surface area contributed by atoms with E-state index < -0.39 is 73.6 Å². The molecule has 0 radical (unpaired) electrons. The lowest BCUT2D eigenvalue weighted by molar-refractivity contribution is -0.131. The summed E-state index contributed by atoms with van der Waals surface area (Å²) >= 11 is 0. The van der Waals surface area contributed by atoms with Gasteiger partial charge in [0, 0.05) is 0 Å². The first-order valence-corrected chi connectivity index (χ1v) is 8.57. The fourth-order valence-electron chi connectivity index (χ4n) is 1.67. The Labute approximate surface area is 185 Å². The van der Waals surface area contributed by atoms with Crippen molar-refractivity contribution in [3.63, 3.8) is 0 Å². The lowest BCUT2D eigenvalue weighted by Crippen LogP contribution is -2.61. The Morgan fingerprint density at radius 3 is 0.906 bits per heavy atom. The zero-order valence-corrected chi connectivity index (χ0v) is 18.6. The lowest BCUT2D eigenvalue weighted by Gasteiger charge is -2.33. The van der Waals surface area contributed by atoms with Crippen LogP contribution in [0.2, 0.25) is 0 Å². The number of amides is 2. The number of carbonyl (C=O) groups excluding carboxylic acids is 2. The molecule has 0 unspecified atom stereocenters. The van der Waals surface area contributed by atoms with E-state index in [0.29, 0.717) is 0 Å². The number of nitrogens with zero attached hydrogens (tertiary/aromatic N) is 2. The maximum absolute atomic E-state index is 12.4. The summed E-state index contributed by atoms with van der Waals surface area (Å²) in [5.41, 5.74) is -6.33. The van der Waals surface area contributed by atoms with Crippen molar-refractivity contribution in [1.82, 2.24) is 10.6 Å². The molecule has 0 aromatic rings. The highest BCUT2D eigenvalue weighted by Crippen LogP contribution is 2.19. The molecule has 0 spiro atoms. The number of carbonyl (C=O) groups is 2. The molecule has 16 nitrogen and oxygen atoms in total. The van der Waals surface area contributed by atoms with Gasteiger partial charge in [-0.25, -0.2) is 0 Å². The molecule has 0 atom stereocenters. The van der Waals surface area contributed by atoms with Crippen molar-refractivity contribution in [2.75, 3.05) is 39.6 Å². The fraction of sp³-hybridized carbons (Fsp3) is 0.875. The van der Waals surface area contributed by atoms with E-state index in [0.717, 1.165) is 0 Å². The third-order valence-corrected chi connectivity index (χ3v) is 4.23. The van der Waals surface area contributed by atoms with Crippen LogP contribution in [0.3, 0.4) is 0 Å². The standard InChI is InChI=1S/C16H32N4O8.4H2O/c1-13(2,11(27)17-15(5-21,6-22)7-23)19-20-14(3,4)12(28)18-16(8-24,9-25)10-26;;;;/h21-26H,5-10H2,1-4H3,(H,17,27)(H,18,28);4*1H2/b20-19+;;;;. The van der Waals surface area contributed by atoms with Crippen molar-refractivity contribution in [1.29, 1.82) is 0 Å². The summed E-state index contributed by atoms with van der Waals surface area (Å²) in [4.78, 5) is 24.8. The van der Waals surface area contributed by atoms with Gasteiger partial charge in [0.05, 0.1) is 39.6 Å². The Balaban J connectivity index is -0.000000607. The summed E-state index contributed by atoms with van der Waals surface area (Å²) in [6.45, 7) is 1.23. The van der Waals surface area contributed by atoms with Crippen molar-refractivity contribution >= 4 is 11.8 Å². The second-order valence-electron chi connectivity index (χ2n) is 7.74. The van der Waals surface area contributed by atoms with Crippen LogP contribution in [0, 0.1) is 0 Å². The third kappa shape index (κ3) is 10.2. The summed E-state index contributed by atoms with van der Waals surface area (Å²) in [7, 11) is 0. The number of rotatable bonds is 12. The van der Waals surface area contributed by atoms with E-state index in [1.807, 2.05) is 0 Å². The molecule has 0 fully saturated rings. The predicted octanol–water partition coefficient (Wildman–Crippen LogP) is -6.64. The normalized spacial score (nSPS) is 11.9. The Kier molecular flexibility index (Phi) is 20.1. The van der Waals surface area contributed by atoms with Crippen LogP contribution < -0.4 is 10.6 Å². The maximum Gasteiger partial charge on any atom is 0.249 e. The van der Waals surface area contributed by atoms with Crippen molar-refractivity contribution in [2.45, 2.75) is 49.9 Å². The van der Waals surface area contributed by atoms with E-state index in [1.54, 1.807) is 0 Å². The van der Waals surface area contributed by atoms with Gasteiger partial charge in [-0.05, 0) is 27.7 Å². The van der Waals surface area contributed by atoms with E-state index in [2.05, 4.69) is 20.9 Å². The SMILES string of the molecule is CC(C)(/N=N/C(C)(C)C(=O)NC(CO)(CO)CO)C(=O)NC(CO)(CO)CO.O.O.O.O. The molecule has 0 rings (SSSR count). The van der Waals surface area contributed by atoms with Crippen LogP contribution in [0.15, 0.2) is 10.2 Å².